The second kappa shape index (κ2) is 4.63. The third-order valence-electron chi connectivity index (χ3n) is 3.03. The van der Waals surface area contributed by atoms with E-state index in [1.807, 2.05) is 28.8 Å². The summed E-state index contributed by atoms with van der Waals surface area (Å²) in [5.41, 5.74) is 10.1. The third kappa shape index (κ3) is 2.13. The molecular weight excluding hydrogens is 222 g/mol. The molecule has 0 atom stereocenters. The van der Waals surface area contributed by atoms with Crippen LogP contribution in [0.3, 0.4) is 0 Å². The number of hydrogen-bond donors (Lipinski definition) is 1. The van der Waals surface area contributed by atoms with Gasteiger partial charge in [-0.25, -0.2) is 4.98 Å². The van der Waals surface area contributed by atoms with Gasteiger partial charge in [0.25, 0.3) is 0 Å². The molecule has 0 saturated heterocycles. The lowest BCUT2D eigenvalue weighted by Gasteiger charge is -1.96. The normalized spacial score (nSPS) is 10.9. The molecule has 0 saturated carbocycles. The van der Waals surface area contributed by atoms with Crippen molar-refractivity contribution in [2.24, 2.45) is 5.73 Å². The lowest BCUT2D eigenvalue weighted by molar-refractivity contribution is 1.03. The fourth-order valence-electron chi connectivity index (χ4n) is 2.10. The zero-order chi connectivity index (χ0) is 12.4. The summed E-state index contributed by atoms with van der Waals surface area (Å²) >= 11 is 0. The fourth-order valence-corrected chi connectivity index (χ4v) is 2.10. The number of pyridine rings is 1. The monoisotopic (exact) mass is 237 g/mol. The fraction of sp³-hybridized carbons (Fsp3) is 0.133. The van der Waals surface area contributed by atoms with Gasteiger partial charge in [0.05, 0.1) is 5.69 Å². The predicted molar refractivity (Wildman–Crippen MR) is 72.3 cm³/mol. The van der Waals surface area contributed by atoms with Gasteiger partial charge in [0, 0.05) is 25.4 Å². The van der Waals surface area contributed by atoms with Crippen LogP contribution in [-0.4, -0.2) is 9.38 Å². The minimum Gasteiger partial charge on any atom is -0.326 e. The zero-order valence-corrected chi connectivity index (χ0v) is 10.1. The van der Waals surface area contributed by atoms with Gasteiger partial charge >= 0.3 is 0 Å². The molecule has 2 aromatic heterocycles. The average molecular weight is 237 g/mol. The van der Waals surface area contributed by atoms with E-state index in [4.69, 9.17) is 5.73 Å². The highest BCUT2D eigenvalue weighted by molar-refractivity contribution is 5.42. The van der Waals surface area contributed by atoms with E-state index in [1.165, 1.54) is 5.56 Å². The molecule has 1 aromatic carbocycles. The molecule has 0 aliphatic rings. The first-order valence-electron chi connectivity index (χ1n) is 6.05. The number of nitrogens with two attached hydrogens (primary N) is 1. The van der Waals surface area contributed by atoms with Gasteiger partial charge in [-0.05, 0) is 17.2 Å². The van der Waals surface area contributed by atoms with Crippen LogP contribution in [0.25, 0.3) is 5.65 Å². The number of hydrogen-bond acceptors (Lipinski definition) is 2. The summed E-state index contributed by atoms with van der Waals surface area (Å²) in [6, 6.07) is 14.4. The summed E-state index contributed by atoms with van der Waals surface area (Å²) in [6.07, 6.45) is 4.97. The highest BCUT2D eigenvalue weighted by Crippen LogP contribution is 2.11. The molecule has 0 radical (unpaired) electrons. The van der Waals surface area contributed by atoms with Crippen LogP contribution >= 0.6 is 0 Å². The number of nitrogens with zero attached hydrogens (tertiary/aromatic N) is 2. The van der Waals surface area contributed by atoms with Gasteiger partial charge in [-0.2, -0.15) is 0 Å². The first-order chi connectivity index (χ1) is 8.85. The number of rotatable bonds is 3. The summed E-state index contributed by atoms with van der Waals surface area (Å²) in [6.45, 7) is 0.558. The molecule has 0 aliphatic heterocycles. The van der Waals surface area contributed by atoms with Crippen LogP contribution < -0.4 is 5.73 Å². The lowest BCUT2D eigenvalue weighted by Crippen LogP contribution is -1.97. The molecule has 2 N–H and O–H groups in total. The molecule has 2 heterocycles. The molecule has 0 unspecified atom stereocenters. The first-order valence-corrected chi connectivity index (χ1v) is 6.05. The molecule has 0 bridgehead atoms. The summed E-state index contributed by atoms with van der Waals surface area (Å²) in [5, 5.41) is 0. The number of fused-ring (bicyclic) bond motifs is 1. The van der Waals surface area contributed by atoms with Crippen molar-refractivity contribution in [3.63, 3.8) is 0 Å². The van der Waals surface area contributed by atoms with E-state index in [0.717, 1.165) is 23.3 Å². The Bertz CT molecular complexity index is 656. The van der Waals surface area contributed by atoms with E-state index in [0.29, 0.717) is 6.54 Å². The molecular formula is C15H15N3. The van der Waals surface area contributed by atoms with Crippen molar-refractivity contribution in [1.29, 1.82) is 0 Å². The second-order valence-corrected chi connectivity index (χ2v) is 4.40. The van der Waals surface area contributed by atoms with Crippen LogP contribution in [-0.2, 0) is 13.0 Å². The molecule has 18 heavy (non-hydrogen) atoms. The highest BCUT2D eigenvalue weighted by Gasteiger charge is 2.03. The standard InChI is InChI=1S/C15H15N3/c16-9-13-6-7-15-17-14(11-18(15)10-13)8-12-4-2-1-3-5-12/h1-7,10-11H,8-9,16H2. The number of imidazole rings is 1. The molecule has 3 nitrogen and oxygen atoms in total. The first kappa shape index (κ1) is 11.0. The molecule has 0 aliphatic carbocycles. The molecule has 3 heteroatoms. The van der Waals surface area contributed by atoms with E-state index in [2.05, 4.69) is 35.4 Å². The van der Waals surface area contributed by atoms with Crippen molar-refractivity contribution in [2.45, 2.75) is 13.0 Å². The maximum absolute atomic E-state index is 5.64. The Labute approximate surface area is 106 Å². The molecule has 3 aromatic rings. The van der Waals surface area contributed by atoms with Crippen LogP contribution in [0.5, 0.6) is 0 Å². The van der Waals surface area contributed by atoms with Gasteiger partial charge in [-0.15, -0.1) is 0 Å². The topological polar surface area (TPSA) is 43.3 Å². The van der Waals surface area contributed by atoms with Crippen LogP contribution in [0.4, 0.5) is 0 Å². The van der Waals surface area contributed by atoms with E-state index in [-0.39, 0.29) is 0 Å². The molecule has 3 rings (SSSR count). The molecule has 0 fully saturated rings. The van der Waals surface area contributed by atoms with Gasteiger partial charge in [-0.3, -0.25) is 0 Å². The Morgan fingerprint density at radius 3 is 2.56 bits per heavy atom. The minimum absolute atomic E-state index is 0.558. The van der Waals surface area contributed by atoms with Gasteiger partial charge in [-0.1, -0.05) is 36.4 Å². The van der Waals surface area contributed by atoms with Crippen molar-refractivity contribution >= 4 is 5.65 Å². The molecule has 90 valence electrons. The van der Waals surface area contributed by atoms with Crippen LogP contribution in [0, 0.1) is 0 Å². The number of aromatic nitrogens is 2. The highest BCUT2D eigenvalue weighted by atomic mass is 15.0. The maximum atomic E-state index is 5.64. The Balaban J connectivity index is 1.94. The average Bonchev–Trinajstić information content (AvgIpc) is 2.80. The van der Waals surface area contributed by atoms with Crippen LogP contribution in [0.2, 0.25) is 0 Å². The smallest absolute Gasteiger partial charge is 0.137 e. The lowest BCUT2D eigenvalue weighted by atomic mass is 10.1. The second-order valence-electron chi connectivity index (χ2n) is 4.40. The van der Waals surface area contributed by atoms with E-state index in [9.17, 15) is 0 Å². The molecule has 0 amide bonds. The van der Waals surface area contributed by atoms with Gasteiger partial charge in [0.1, 0.15) is 5.65 Å². The minimum atomic E-state index is 0.558. The van der Waals surface area contributed by atoms with E-state index >= 15 is 0 Å². The Hall–Kier alpha value is -2.13. The van der Waals surface area contributed by atoms with Crippen molar-refractivity contribution in [2.75, 3.05) is 0 Å². The largest absolute Gasteiger partial charge is 0.326 e. The SMILES string of the molecule is NCc1ccc2nc(Cc3ccccc3)cn2c1. The maximum Gasteiger partial charge on any atom is 0.137 e. The third-order valence-corrected chi connectivity index (χ3v) is 3.03. The Morgan fingerprint density at radius 2 is 1.78 bits per heavy atom. The van der Waals surface area contributed by atoms with Crippen LogP contribution in [0.15, 0.2) is 54.9 Å². The van der Waals surface area contributed by atoms with Crippen molar-refractivity contribution in [3.8, 4) is 0 Å². The summed E-state index contributed by atoms with van der Waals surface area (Å²) in [4.78, 5) is 4.61. The van der Waals surface area contributed by atoms with Crippen molar-refractivity contribution in [3.05, 3.63) is 71.7 Å². The summed E-state index contributed by atoms with van der Waals surface area (Å²) < 4.78 is 2.04. The van der Waals surface area contributed by atoms with Crippen LogP contribution in [0.1, 0.15) is 16.8 Å². The van der Waals surface area contributed by atoms with E-state index < -0.39 is 0 Å². The predicted octanol–water partition coefficient (Wildman–Crippen LogP) is 2.38. The molecule has 0 spiro atoms. The Kier molecular flexibility index (Phi) is 2.82. The van der Waals surface area contributed by atoms with Crippen molar-refractivity contribution < 1.29 is 0 Å². The summed E-state index contributed by atoms with van der Waals surface area (Å²) in [5.74, 6) is 0. The Morgan fingerprint density at radius 1 is 0.944 bits per heavy atom. The zero-order valence-electron chi connectivity index (χ0n) is 10.1. The van der Waals surface area contributed by atoms with Crippen molar-refractivity contribution in [1.82, 2.24) is 9.38 Å². The quantitative estimate of drug-likeness (QED) is 0.760. The van der Waals surface area contributed by atoms with Gasteiger partial charge < -0.3 is 10.1 Å². The van der Waals surface area contributed by atoms with Gasteiger partial charge in [0.2, 0.25) is 0 Å². The van der Waals surface area contributed by atoms with Gasteiger partial charge in [0.15, 0.2) is 0 Å². The number of benzene rings is 1. The van der Waals surface area contributed by atoms with E-state index in [1.54, 1.807) is 0 Å². The summed E-state index contributed by atoms with van der Waals surface area (Å²) in [7, 11) is 0.